The fourth-order valence-corrected chi connectivity index (χ4v) is 2.05. The van der Waals surface area contributed by atoms with Crippen molar-refractivity contribution in [3.63, 3.8) is 0 Å². The highest BCUT2D eigenvalue weighted by molar-refractivity contribution is 4.84. The highest BCUT2D eigenvalue weighted by Gasteiger charge is 2.33. The molecule has 0 saturated heterocycles. The van der Waals surface area contributed by atoms with Crippen molar-refractivity contribution >= 4 is 0 Å². The predicted octanol–water partition coefficient (Wildman–Crippen LogP) is 4.25. The van der Waals surface area contributed by atoms with Crippen LogP contribution in [0.3, 0.4) is 0 Å². The second-order valence-corrected chi connectivity index (χ2v) is 5.55. The van der Waals surface area contributed by atoms with Crippen LogP contribution in [-0.4, -0.2) is 0 Å². The number of hydrogen-bond acceptors (Lipinski definition) is 0. The van der Waals surface area contributed by atoms with Gasteiger partial charge in [0.2, 0.25) is 0 Å². The van der Waals surface area contributed by atoms with Crippen molar-refractivity contribution < 1.29 is 0 Å². The maximum Gasteiger partial charge on any atom is -0.0326 e. The van der Waals surface area contributed by atoms with Gasteiger partial charge in [-0.25, -0.2) is 0 Å². The maximum absolute atomic E-state index is 2.46. The molecule has 0 aromatic carbocycles. The van der Waals surface area contributed by atoms with Crippen LogP contribution < -0.4 is 0 Å². The molecule has 0 heterocycles. The molecule has 0 bridgehead atoms. The summed E-state index contributed by atoms with van der Waals surface area (Å²) in [5, 5.41) is 0. The molecule has 0 amide bonds. The molecule has 0 unspecified atom stereocenters. The Morgan fingerprint density at radius 2 is 1.83 bits per heavy atom. The Hall–Kier alpha value is 0. The standard InChI is InChI=1S/C12H24/c1-10(2)8-9-12(3,4)11-6-5-7-11/h10-11H,5-9H2,1-4H3. The summed E-state index contributed by atoms with van der Waals surface area (Å²) in [5.74, 6) is 1.92. The molecule has 0 aromatic heterocycles. The van der Waals surface area contributed by atoms with Gasteiger partial charge in [0.15, 0.2) is 0 Å². The highest BCUT2D eigenvalue weighted by atomic mass is 14.4. The molecule has 1 aliphatic carbocycles. The van der Waals surface area contributed by atoms with Gasteiger partial charge in [-0.1, -0.05) is 40.5 Å². The Balaban J connectivity index is 2.26. The van der Waals surface area contributed by atoms with Crippen molar-refractivity contribution in [1.29, 1.82) is 0 Å². The van der Waals surface area contributed by atoms with Gasteiger partial charge >= 0.3 is 0 Å². The van der Waals surface area contributed by atoms with Gasteiger partial charge in [-0.3, -0.25) is 0 Å². The molecule has 12 heavy (non-hydrogen) atoms. The molecule has 0 aliphatic heterocycles. The number of rotatable bonds is 4. The van der Waals surface area contributed by atoms with Crippen LogP contribution in [0.2, 0.25) is 0 Å². The first-order valence-electron chi connectivity index (χ1n) is 5.52. The van der Waals surface area contributed by atoms with Crippen molar-refractivity contribution in [2.24, 2.45) is 17.3 Å². The minimum Gasteiger partial charge on any atom is -0.0628 e. The summed E-state index contributed by atoms with van der Waals surface area (Å²) in [6.45, 7) is 9.58. The lowest BCUT2D eigenvalue weighted by atomic mass is 9.65. The Labute approximate surface area is 77.7 Å². The monoisotopic (exact) mass is 168 g/mol. The molecular formula is C12H24. The SMILES string of the molecule is CC(C)CCC(C)(C)C1CCC1. The lowest BCUT2D eigenvalue weighted by Crippen LogP contribution is -2.29. The molecule has 0 N–H and O–H groups in total. The second kappa shape index (κ2) is 3.81. The molecule has 1 rings (SSSR count). The van der Waals surface area contributed by atoms with E-state index in [0.29, 0.717) is 5.41 Å². The third-order valence-corrected chi connectivity index (χ3v) is 3.58. The van der Waals surface area contributed by atoms with E-state index in [1.165, 1.54) is 32.1 Å². The zero-order chi connectivity index (χ0) is 9.19. The Morgan fingerprint density at radius 3 is 2.17 bits per heavy atom. The van der Waals surface area contributed by atoms with Gasteiger partial charge in [-0.15, -0.1) is 0 Å². The van der Waals surface area contributed by atoms with Crippen LogP contribution in [0, 0.1) is 17.3 Å². The summed E-state index contributed by atoms with van der Waals surface area (Å²) in [6.07, 6.45) is 7.30. The molecule has 0 aromatic rings. The molecule has 0 spiro atoms. The minimum atomic E-state index is 0.628. The van der Waals surface area contributed by atoms with E-state index < -0.39 is 0 Å². The molecule has 0 radical (unpaired) electrons. The van der Waals surface area contributed by atoms with Gasteiger partial charge in [0.1, 0.15) is 0 Å². The molecule has 0 heteroatoms. The van der Waals surface area contributed by atoms with E-state index in [-0.39, 0.29) is 0 Å². The largest absolute Gasteiger partial charge is 0.0628 e. The average molecular weight is 168 g/mol. The summed E-state index contributed by atoms with van der Waals surface area (Å²) in [5.41, 5.74) is 0.628. The van der Waals surface area contributed by atoms with Crippen LogP contribution in [0.4, 0.5) is 0 Å². The summed E-state index contributed by atoms with van der Waals surface area (Å²) < 4.78 is 0. The Bertz CT molecular complexity index is 129. The van der Waals surface area contributed by atoms with Gasteiger partial charge in [0, 0.05) is 0 Å². The summed E-state index contributed by atoms with van der Waals surface area (Å²) in [4.78, 5) is 0. The van der Waals surface area contributed by atoms with Gasteiger partial charge in [-0.05, 0) is 36.5 Å². The van der Waals surface area contributed by atoms with Gasteiger partial charge in [0.25, 0.3) is 0 Å². The predicted molar refractivity (Wildman–Crippen MR) is 55.2 cm³/mol. The van der Waals surface area contributed by atoms with E-state index in [9.17, 15) is 0 Å². The average Bonchev–Trinajstić information content (AvgIpc) is 1.78. The van der Waals surface area contributed by atoms with E-state index in [1.54, 1.807) is 0 Å². The van der Waals surface area contributed by atoms with Crippen LogP contribution in [-0.2, 0) is 0 Å². The zero-order valence-corrected chi connectivity index (χ0v) is 9.19. The van der Waals surface area contributed by atoms with E-state index in [4.69, 9.17) is 0 Å². The normalized spacial score (nSPS) is 19.8. The minimum absolute atomic E-state index is 0.628. The summed E-state index contributed by atoms with van der Waals surface area (Å²) in [7, 11) is 0. The summed E-state index contributed by atoms with van der Waals surface area (Å²) in [6, 6.07) is 0. The fraction of sp³-hybridized carbons (Fsp3) is 1.00. The quantitative estimate of drug-likeness (QED) is 0.588. The van der Waals surface area contributed by atoms with Crippen molar-refractivity contribution in [3.8, 4) is 0 Å². The van der Waals surface area contributed by atoms with Gasteiger partial charge in [-0.2, -0.15) is 0 Å². The van der Waals surface area contributed by atoms with E-state index in [0.717, 1.165) is 11.8 Å². The van der Waals surface area contributed by atoms with Crippen LogP contribution in [0.1, 0.15) is 59.8 Å². The second-order valence-electron chi connectivity index (χ2n) is 5.55. The third-order valence-electron chi connectivity index (χ3n) is 3.58. The van der Waals surface area contributed by atoms with Crippen molar-refractivity contribution in [2.45, 2.75) is 59.8 Å². The lowest BCUT2D eigenvalue weighted by Gasteiger charge is -2.41. The van der Waals surface area contributed by atoms with Gasteiger partial charge < -0.3 is 0 Å². The zero-order valence-electron chi connectivity index (χ0n) is 9.19. The molecule has 0 atom stereocenters. The first-order chi connectivity index (χ1) is 5.52. The van der Waals surface area contributed by atoms with Crippen molar-refractivity contribution in [3.05, 3.63) is 0 Å². The topological polar surface area (TPSA) is 0 Å². The van der Waals surface area contributed by atoms with Crippen LogP contribution in [0.5, 0.6) is 0 Å². The molecule has 0 nitrogen and oxygen atoms in total. The first-order valence-corrected chi connectivity index (χ1v) is 5.52. The van der Waals surface area contributed by atoms with Crippen LogP contribution >= 0.6 is 0 Å². The molecule has 1 fully saturated rings. The van der Waals surface area contributed by atoms with E-state index >= 15 is 0 Å². The fourth-order valence-electron chi connectivity index (χ4n) is 2.05. The Morgan fingerprint density at radius 1 is 1.25 bits per heavy atom. The lowest BCUT2D eigenvalue weighted by molar-refractivity contribution is 0.104. The van der Waals surface area contributed by atoms with Gasteiger partial charge in [0.05, 0.1) is 0 Å². The third kappa shape index (κ3) is 2.50. The van der Waals surface area contributed by atoms with E-state index in [1.807, 2.05) is 0 Å². The molecular weight excluding hydrogens is 144 g/mol. The van der Waals surface area contributed by atoms with Crippen LogP contribution in [0.25, 0.3) is 0 Å². The van der Waals surface area contributed by atoms with E-state index in [2.05, 4.69) is 27.7 Å². The molecule has 1 aliphatic rings. The maximum atomic E-state index is 2.46. The van der Waals surface area contributed by atoms with Crippen LogP contribution in [0.15, 0.2) is 0 Å². The highest BCUT2D eigenvalue weighted by Crippen LogP contribution is 2.44. The summed E-state index contributed by atoms with van der Waals surface area (Å²) >= 11 is 0. The smallest absolute Gasteiger partial charge is 0.0326 e. The molecule has 1 saturated carbocycles. The molecule has 72 valence electrons. The Kier molecular flexibility index (Phi) is 3.20. The number of hydrogen-bond donors (Lipinski definition) is 0. The first kappa shape index (κ1) is 10.1. The van der Waals surface area contributed by atoms with Crippen molar-refractivity contribution in [1.82, 2.24) is 0 Å². The van der Waals surface area contributed by atoms with Crippen molar-refractivity contribution in [2.75, 3.05) is 0 Å².